The molecule has 0 amide bonds. The number of carbonyl (C=O) groups excluding carboxylic acids is 2. The molecule has 0 saturated heterocycles. The van der Waals surface area contributed by atoms with E-state index in [1.54, 1.807) is 6.07 Å². The summed E-state index contributed by atoms with van der Waals surface area (Å²) in [5, 5.41) is 14.1. The molecule has 4 N–H and O–H groups in total. The van der Waals surface area contributed by atoms with Crippen LogP contribution in [0.5, 0.6) is 11.5 Å². The van der Waals surface area contributed by atoms with E-state index >= 15 is 0 Å². The molecular weight excluding hydrogens is 608 g/mol. The number of hydrogen-bond acceptors (Lipinski definition) is 6. The van der Waals surface area contributed by atoms with Crippen LogP contribution in [-0.4, -0.2) is 30.3 Å². The summed E-state index contributed by atoms with van der Waals surface area (Å²) in [7, 11) is 1.53. The fourth-order valence-corrected chi connectivity index (χ4v) is 9.02. The SMILES string of the molecule is COc1cc2c(cc1O)C(c1ccccc1)C#CC1CC(CC3=CCNC(N)=C3)CC(CCCC3CCCCC3)CC1C(=O)CC(=O)CC2. The number of Topliss-reactive ketones (excluding diaryl/α,β-unsaturated/α-hetero) is 2. The number of carbonyl (C=O) groups is 2. The minimum Gasteiger partial charge on any atom is -0.504 e. The van der Waals surface area contributed by atoms with Gasteiger partial charge in [-0.15, -0.1) is 0 Å². The minimum atomic E-state index is -0.318. The summed E-state index contributed by atoms with van der Waals surface area (Å²) in [6.07, 6.45) is 19.0. The van der Waals surface area contributed by atoms with Gasteiger partial charge in [0.1, 0.15) is 11.6 Å². The van der Waals surface area contributed by atoms with Crippen LogP contribution in [0, 0.1) is 41.4 Å². The topological polar surface area (TPSA) is 102 Å². The first-order valence-corrected chi connectivity index (χ1v) is 18.8. The molecule has 2 fully saturated rings. The number of rotatable bonds is 8. The molecule has 6 heteroatoms. The van der Waals surface area contributed by atoms with Gasteiger partial charge < -0.3 is 20.9 Å². The van der Waals surface area contributed by atoms with Crippen LogP contribution < -0.4 is 15.8 Å². The molecule has 5 atom stereocenters. The quantitative estimate of drug-likeness (QED) is 0.195. The Morgan fingerprint density at radius 2 is 1.73 bits per heavy atom. The number of methoxy groups -OCH3 is 1. The second-order valence-electron chi connectivity index (χ2n) is 15.1. The average Bonchev–Trinajstić information content (AvgIpc) is 3.27. The zero-order valence-corrected chi connectivity index (χ0v) is 29.2. The van der Waals surface area contributed by atoms with Crippen LogP contribution in [0.4, 0.5) is 0 Å². The molecule has 0 spiro atoms. The van der Waals surface area contributed by atoms with Crippen molar-refractivity contribution in [2.24, 2.45) is 35.3 Å². The van der Waals surface area contributed by atoms with Crippen LogP contribution in [0.2, 0.25) is 0 Å². The van der Waals surface area contributed by atoms with Crippen molar-refractivity contribution in [3.05, 3.63) is 82.7 Å². The first-order chi connectivity index (χ1) is 23.9. The highest BCUT2D eigenvalue weighted by molar-refractivity contribution is 6.00. The molecule has 1 heterocycles. The number of allylic oxidation sites excluding steroid dienone is 2. The fraction of sp³-hybridized carbons (Fsp3) is 0.535. The largest absolute Gasteiger partial charge is 0.504 e. The van der Waals surface area contributed by atoms with Gasteiger partial charge in [0.25, 0.3) is 0 Å². The second kappa shape index (κ2) is 16.6. The number of ether oxygens (including phenoxy) is 1. The Hall–Kier alpha value is -3.98. The number of phenolic OH excluding ortho intramolecular Hbond substituents is 1. The summed E-state index contributed by atoms with van der Waals surface area (Å²) >= 11 is 0. The molecule has 260 valence electrons. The highest BCUT2D eigenvalue weighted by atomic mass is 16.5. The van der Waals surface area contributed by atoms with E-state index in [1.807, 2.05) is 24.3 Å². The van der Waals surface area contributed by atoms with E-state index in [1.165, 1.54) is 57.6 Å². The van der Waals surface area contributed by atoms with Gasteiger partial charge in [-0.05, 0) is 90.3 Å². The van der Waals surface area contributed by atoms with Gasteiger partial charge in [0, 0.05) is 24.8 Å². The van der Waals surface area contributed by atoms with E-state index in [9.17, 15) is 14.7 Å². The number of ketones is 2. The van der Waals surface area contributed by atoms with Crippen LogP contribution in [0.1, 0.15) is 112 Å². The molecule has 5 unspecified atom stereocenters. The first-order valence-electron chi connectivity index (χ1n) is 18.8. The van der Waals surface area contributed by atoms with Crippen molar-refractivity contribution in [2.75, 3.05) is 13.7 Å². The molecule has 6 rings (SSSR count). The van der Waals surface area contributed by atoms with Crippen LogP contribution in [0.25, 0.3) is 0 Å². The van der Waals surface area contributed by atoms with Crippen molar-refractivity contribution in [1.29, 1.82) is 0 Å². The number of benzene rings is 2. The third-order valence-electron chi connectivity index (χ3n) is 11.6. The maximum atomic E-state index is 14.2. The van der Waals surface area contributed by atoms with Crippen molar-refractivity contribution >= 4 is 11.6 Å². The molecule has 4 aliphatic rings. The summed E-state index contributed by atoms with van der Waals surface area (Å²) in [6, 6.07) is 13.8. The number of dihydropyridines is 1. The monoisotopic (exact) mass is 662 g/mol. The number of nitrogens with one attached hydrogen (secondary N) is 1. The van der Waals surface area contributed by atoms with Crippen LogP contribution in [0.3, 0.4) is 0 Å². The normalized spacial score (nSPS) is 26.6. The molecule has 6 nitrogen and oxygen atoms in total. The van der Waals surface area contributed by atoms with Crippen molar-refractivity contribution in [3.63, 3.8) is 0 Å². The number of phenols is 1. The highest BCUT2D eigenvalue weighted by Crippen LogP contribution is 2.43. The van der Waals surface area contributed by atoms with Gasteiger partial charge in [-0.2, -0.15) is 0 Å². The molecule has 1 aliphatic heterocycles. The summed E-state index contributed by atoms with van der Waals surface area (Å²) < 4.78 is 5.46. The van der Waals surface area contributed by atoms with Gasteiger partial charge in [0.15, 0.2) is 11.5 Å². The Morgan fingerprint density at radius 3 is 2.51 bits per heavy atom. The van der Waals surface area contributed by atoms with Crippen LogP contribution in [0.15, 0.2) is 66.0 Å². The van der Waals surface area contributed by atoms with E-state index in [-0.39, 0.29) is 47.9 Å². The zero-order valence-electron chi connectivity index (χ0n) is 29.2. The maximum Gasteiger partial charge on any atom is 0.160 e. The molecule has 49 heavy (non-hydrogen) atoms. The molecule has 2 aromatic rings. The number of aryl methyl sites for hydroxylation is 1. The van der Waals surface area contributed by atoms with Gasteiger partial charge in [0.2, 0.25) is 0 Å². The highest BCUT2D eigenvalue weighted by Gasteiger charge is 2.37. The van der Waals surface area contributed by atoms with Gasteiger partial charge in [-0.25, -0.2) is 0 Å². The third kappa shape index (κ3) is 9.18. The predicted octanol–water partition coefficient (Wildman–Crippen LogP) is 8.13. The molecule has 2 saturated carbocycles. The van der Waals surface area contributed by atoms with Crippen molar-refractivity contribution in [2.45, 2.75) is 102 Å². The molecular formula is C43H54N2O4. The molecule has 0 aromatic heterocycles. The lowest BCUT2D eigenvalue weighted by atomic mass is 9.78. The van der Waals surface area contributed by atoms with E-state index in [4.69, 9.17) is 10.5 Å². The molecule has 0 bridgehead atoms. The molecule has 3 aliphatic carbocycles. The average molecular weight is 663 g/mol. The number of fused-ring (bicyclic) bond motifs is 2. The maximum absolute atomic E-state index is 14.2. The predicted molar refractivity (Wildman–Crippen MR) is 195 cm³/mol. The van der Waals surface area contributed by atoms with Gasteiger partial charge >= 0.3 is 0 Å². The number of nitrogens with two attached hydrogens (primary N) is 1. The molecule has 0 radical (unpaired) electrons. The lowest BCUT2D eigenvalue weighted by Gasteiger charge is -2.25. The van der Waals surface area contributed by atoms with Crippen LogP contribution in [-0.2, 0) is 16.0 Å². The Morgan fingerprint density at radius 1 is 0.939 bits per heavy atom. The van der Waals surface area contributed by atoms with E-state index in [0.717, 1.165) is 61.3 Å². The zero-order chi connectivity index (χ0) is 34.2. The number of hydrogen-bond donors (Lipinski definition) is 3. The summed E-state index contributed by atoms with van der Waals surface area (Å²) in [4.78, 5) is 27.7. The Bertz CT molecular complexity index is 1590. The summed E-state index contributed by atoms with van der Waals surface area (Å²) in [5.41, 5.74) is 10.3. The van der Waals surface area contributed by atoms with Crippen molar-refractivity contribution in [1.82, 2.24) is 5.32 Å². The van der Waals surface area contributed by atoms with Crippen molar-refractivity contribution in [3.8, 4) is 23.3 Å². The Labute approximate surface area is 293 Å². The van der Waals surface area contributed by atoms with Gasteiger partial charge in [-0.1, -0.05) is 99.6 Å². The Balaban J connectivity index is 1.37. The van der Waals surface area contributed by atoms with Gasteiger partial charge in [0.05, 0.1) is 25.3 Å². The van der Waals surface area contributed by atoms with Crippen LogP contribution >= 0.6 is 0 Å². The summed E-state index contributed by atoms with van der Waals surface area (Å²) in [5.74, 6) is 9.45. The van der Waals surface area contributed by atoms with Crippen molar-refractivity contribution < 1.29 is 19.4 Å². The molecule has 2 aromatic carbocycles. The second-order valence-corrected chi connectivity index (χ2v) is 15.1. The lowest BCUT2D eigenvalue weighted by Crippen LogP contribution is -2.27. The van der Waals surface area contributed by atoms with Gasteiger partial charge in [-0.3, -0.25) is 9.59 Å². The first kappa shape index (κ1) is 34.9. The Kier molecular flexibility index (Phi) is 11.8. The number of aromatic hydroxyl groups is 1. The smallest absolute Gasteiger partial charge is 0.160 e. The fourth-order valence-electron chi connectivity index (χ4n) is 9.02. The standard InChI is InChI=1S/C43H54N2O4/c1-49-42-26-35-15-17-36(46)27-40(47)39-24-30(12-8-11-29-9-4-2-5-10-29)21-32(22-31-19-20-45-43(44)25-31)23-34(39)16-18-37(38(35)28-41(42)48)33-13-6-3-7-14-33/h3,6-7,13-14,19,25-26,28-30,32,34,37,39,45,48H,2,4-5,8-12,15,17,20-24,27,44H2,1H3. The lowest BCUT2D eigenvalue weighted by molar-refractivity contribution is -0.130. The summed E-state index contributed by atoms with van der Waals surface area (Å²) in [6.45, 7) is 0.734. The van der Waals surface area contributed by atoms with E-state index in [2.05, 4.69) is 41.4 Å². The minimum absolute atomic E-state index is 0.0262. The van der Waals surface area contributed by atoms with E-state index < -0.39 is 0 Å². The third-order valence-corrected chi connectivity index (χ3v) is 11.6. The van der Waals surface area contributed by atoms with E-state index in [0.29, 0.717) is 29.8 Å².